The number of aromatic nitrogens is 2. The number of amides is 1. The van der Waals surface area contributed by atoms with Crippen molar-refractivity contribution in [3.8, 4) is 0 Å². The largest absolute Gasteiger partial charge is 0.480 e. The molecule has 0 bridgehead atoms. The number of carboxylic acids is 1. The van der Waals surface area contributed by atoms with Gasteiger partial charge in [0.1, 0.15) is 6.04 Å². The van der Waals surface area contributed by atoms with Crippen molar-refractivity contribution in [1.29, 1.82) is 0 Å². The lowest BCUT2D eigenvalue weighted by Crippen LogP contribution is -2.42. The Balaban J connectivity index is 2.14. The first kappa shape index (κ1) is 19.2. The molecule has 1 rings (SSSR count). The number of aromatic amines is 1. The summed E-state index contributed by atoms with van der Waals surface area (Å²) >= 11 is 0. The number of hydrogen-bond acceptors (Lipinski definition) is 3. The van der Waals surface area contributed by atoms with Crippen LogP contribution in [0.1, 0.15) is 70.4 Å². The third-order valence-electron chi connectivity index (χ3n) is 3.87. The summed E-state index contributed by atoms with van der Waals surface area (Å²) in [6, 6.07) is -0.906. The fourth-order valence-corrected chi connectivity index (χ4v) is 2.50. The van der Waals surface area contributed by atoms with Crippen LogP contribution in [0.5, 0.6) is 0 Å². The number of H-pyrrole nitrogens is 1. The molecule has 0 saturated carbocycles. The van der Waals surface area contributed by atoms with Crippen LogP contribution in [0, 0.1) is 0 Å². The highest BCUT2D eigenvalue weighted by Gasteiger charge is 2.20. The smallest absolute Gasteiger partial charge is 0.326 e. The highest BCUT2D eigenvalue weighted by molar-refractivity contribution is 5.83. The molecule has 0 fully saturated rings. The molecule has 0 saturated heterocycles. The Morgan fingerprint density at radius 2 is 1.83 bits per heavy atom. The predicted octanol–water partition coefficient (Wildman–Crippen LogP) is 3.05. The molecule has 0 aliphatic heterocycles. The van der Waals surface area contributed by atoms with Gasteiger partial charge in [-0.2, -0.15) is 0 Å². The minimum absolute atomic E-state index is 0.192. The van der Waals surface area contributed by atoms with Crippen LogP contribution in [0.3, 0.4) is 0 Å². The molecule has 1 aromatic rings. The van der Waals surface area contributed by atoms with E-state index in [4.69, 9.17) is 0 Å². The SMILES string of the molecule is CCCCCCCCCCC(=O)NC(Cc1cnc[nH]1)C(=O)O. The van der Waals surface area contributed by atoms with Crippen LogP contribution in [-0.4, -0.2) is 33.0 Å². The summed E-state index contributed by atoms with van der Waals surface area (Å²) in [6.45, 7) is 2.20. The van der Waals surface area contributed by atoms with Gasteiger partial charge in [0.2, 0.25) is 5.91 Å². The van der Waals surface area contributed by atoms with Gasteiger partial charge in [-0.15, -0.1) is 0 Å². The number of rotatable bonds is 13. The van der Waals surface area contributed by atoms with E-state index in [1.54, 1.807) is 6.20 Å². The van der Waals surface area contributed by atoms with Crippen LogP contribution in [0.4, 0.5) is 0 Å². The molecular formula is C17H29N3O3. The number of carbonyl (C=O) groups is 2. The zero-order valence-corrected chi connectivity index (χ0v) is 14.0. The highest BCUT2D eigenvalue weighted by atomic mass is 16.4. The third kappa shape index (κ3) is 9.01. The molecule has 1 amide bonds. The van der Waals surface area contributed by atoms with Crippen molar-refractivity contribution in [2.24, 2.45) is 0 Å². The maximum atomic E-state index is 11.9. The molecule has 1 unspecified atom stereocenters. The minimum Gasteiger partial charge on any atom is -0.480 e. The molecule has 6 heteroatoms. The monoisotopic (exact) mass is 323 g/mol. The maximum Gasteiger partial charge on any atom is 0.326 e. The Labute approximate surface area is 138 Å². The quantitative estimate of drug-likeness (QED) is 0.486. The molecule has 23 heavy (non-hydrogen) atoms. The van der Waals surface area contributed by atoms with Crippen molar-refractivity contribution in [1.82, 2.24) is 15.3 Å². The van der Waals surface area contributed by atoms with Gasteiger partial charge in [-0.3, -0.25) is 4.79 Å². The lowest BCUT2D eigenvalue weighted by Gasteiger charge is -2.13. The molecule has 0 aromatic carbocycles. The number of carbonyl (C=O) groups excluding carboxylic acids is 1. The number of aliphatic carboxylic acids is 1. The Morgan fingerprint density at radius 1 is 1.17 bits per heavy atom. The van der Waals surface area contributed by atoms with Crippen molar-refractivity contribution in [3.63, 3.8) is 0 Å². The van der Waals surface area contributed by atoms with E-state index in [1.165, 1.54) is 38.4 Å². The summed E-state index contributed by atoms with van der Waals surface area (Å²) in [5, 5.41) is 11.8. The van der Waals surface area contributed by atoms with E-state index in [-0.39, 0.29) is 12.3 Å². The van der Waals surface area contributed by atoms with Crippen LogP contribution in [0.25, 0.3) is 0 Å². The lowest BCUT2D eigenvalue weighted by molar-refractivity contribution is -0.141. The van der Waals surface area contributed by atoms with Crippen LogP contribution in [-0.2, 0) is 16.0 Å². The van der Waals surface area contributed by atoms with Crippen LogP contribution >= 0.6 is 0 Å². The Bertz CT molecular complexity index is 446. The first-order valence-corrected chi connectivity index (χ1v) is 8.63. The van der Waals surface area contributed by atoms with Crippen molar-refractivity contribution < 1.29 is 14.7 Å². The second-order valence-electron chi connectivity index (χ2n) is 5.96. The molecule has 0 spiro atoms. The number of unbranched alkanes of at least 4 members (excludes halogenated alkanes) is 7. The summed E-state index contributed by atoms with van der Waals surface area (Å²) < 4.78 is 0. The number of imidazole rings is 1. The van der Waals surface area contributed by atoms with Crippen LogP contribution in [0.15, 0.2) is 12.5 Å². The fraction of sp³-hybridized carbons (Fsp3) is 0.706. The first-order valence-electron chi connectivity index (χ1n) is 8.63. The molecule has 1 atom stereocenters. The zero-order valence-electron chi connectivity index (χ0n) is 14.0. The standard InChI is InChI=1S/C17H29N3O3/c1-2-3-4-5-6-7-8-9-10-16(21)20-15(17(22)23)11-14-12-18-13-19-14/h12-13,15H,2-11H2,1H3,(H,18,19)(H,20,21)(H,22,23). The van der Waals surface area contributed by atoms with Crippen molar-refractivity contribution in [2.75, 3.05) is 0 Å². The van der Waals surface area contributed by atoms with Gasteiger partial charge in [-0.05, 0) is 6.42 Å². The summed E-state index contributed by atoms with van der Waals surface area (Å²) in [5.74, 6) is -1.22. The topological polar surface area (TPSA) is 95.1 Å². The van der Waals surface area contributed by atoms with Gasteiger partial charge in [-0.1, -0.05) is 51.9 Å². The molecule has 0 aliphatic rings. The van der Waals surface area contributed by atoms with E-state index >= 15 is 0 Å². The Hall–Kier alpha value is -1.85. The van der Waals surface area contributed by atoms with Crippen LogP contribution < -0.4 is 5.32 Å². The summed E-state index contributed by atoms with van der Waals surface area (Å²) in [5.41, 5.74) is 0.699. The van der Waals surface area contributed by atoms with Gasteiger partial charge in [0, 0.05) is 24.7 Å². The number of nitrogens with zero attached hydrogens (tertiary/aromatic N) is 1. The number of carboxylic acid groups (broad SMARTS) is 1. The molecule has 0 radical (unpaired) electrons. The number of hydrogen-bond donors (Lipinski definition) is 3. The van der Waals surface area contributed by atoms with E-state index in [2.05, 4.69) is 22.2 Å². The van der Waals surface area contributed by atoms with Crippen molar-refractivity contribution in [2.45, 2.75) is 77.2 Å². The van der Waals surface area contributed by atoms with E-state index < -0.39 is 12.0 Å². The molecular weight excluding hydrogens is 294 g/mol. The van der Waals surface area contributed by atoms with E-state index in [1.807, 2.05) is 0 Å². The second kappa shape index (κ2) is 11.7. The van der Waals surface area contributed by atoms with E-state index in [0.29, 0.717) is 12.1 Å². The summed E-state index contributed by atoms with van der Waals surface area (Å²) in [7, 11) is 0. The second-order valence-corrected chi connectivity index (χ2v) is 5.96. The zero-order chi connectivity index (χ0) is 16.9. The fourth-order valence-electron chi connectivity index (χ4n) is 2.50. The minimum atomic E-state index is -1.02. The maximum absolute atomic E-state index is 11.9. The van der Waals surface area contributed by atoms with Gasteiger partial charge >= 0.3 is 5.97 Å². The average molecular weight is 323 g/mol. The Morgan fingerprint density at radius 3 is 2.39 bits per heavy atom. The molecule has 6 nitrogen and oxygen atoms in total. The van der Waals surface area contributed by atoms with E-state index in [0.717, 1.165) is 19.3 Å². The van der Waals surface area contributed by atoms with Gasteiger partial charge in [0.25, 0.3) is 0 Å². The van der Waals surface area contributed by atoms with Gasteiger partial charge < -0.3 is 15.4 Å². The molecule has 130 valence electrons. The van der Waals surface area contributed by atoms with E-state index in [9.17, 15) is 14.7 Å². The molecule has 0 aliphatic carbocycles. The van der Waals surface area contributed by atoms with Gasteiger partial charge in [0.15, 0.2) is 0 Å². The summed E-state index contributed by atoms with van der Waals surface area (Å²) in [4.78, 5) is 29.8. The first-order chi connectivity index (χ1) is 11.1. The third-order valence-corrected chi connectivity index (χ3v) is 3.87. The van der Waals surface area contributed by atoms with Crippen molar-refractivity contribution >= 4 is 11.9 Å². The highest BCUT2D eigenvalue weighted by Crippen LogP contribution is 2.09. The van der Waals surface area contributed by atoms with Gasteiger partial charge in [0.05, 0.1) is 6.33 Å². The predicted molar refractivity (Wildman–Crippen MR) is 89.1 cm³/mol. The molecule has 1 heterocycles. The average Bonchev–Trinajstić information content (AvgIpc) is 3.02. The van der Waals surface area contributed by atoms with Crippen LogP contribution in [0.2, 0.25) is 0 Å². The lowest BCUT2D eigenvalue weighted by atomic mass is 10.1. The van der Waals surface area contributed by atoms with Crippen molar-refractivity contribution in [3.05, 3.63) is 18.2 Å². The number of nitrogens with one attached hydrogen (secondary N) is 2. The Kier molecular flexibility index (Phi) is 9.75. The summed E-state index contributed by atoms with van der Waals surface area (Å²) in [6.07, 6.45) is 13.0. The normalized spacial score (nSPS) is 12.0. The molecule has 3 N–H and O–H groups in total. The molecule has 1 aromatic heterocycles. The van der Waals surface area contributed by atoms with Gasteiger partial charge in [-0.25, -0.2) is 9.78 Å².